The Balaban J connectivity index is 2.11. The molecule has 0 aliphatic carbocycles. The van der Waals surface area contributed by atoms with Gasteiger partial charge in [0, 0.05) is 0 Å². The van der Waals surface area contributed by atoms with Crippen LogP contribution in [-0.2, 0) is 0 Å². The Hall–Kier alpha value is -2.54. The minimum absolute atomic E-state index is 0.214. The highest BCUT2D eigenvalue weighted by molar-refractivity contribution is 5.56. The number of hydrogen-bond donors (Lipinski definition) is 0. The maximum absolute atomic E-state index is 13.1. The first-order valence-corrected chi connectivity index (χ1v) is 6.58. The first-order valence-electron chi connectivity index (χ1n) is 6.58. The maximum Gasteiger partial charge on any atom is 0.134 e. The summed E-state index contributed by atoms with van der Waals surface area (Å²) in [7, 11) is 0. The van der Waals surface area contributed by atoms with Crippen molar-refractivity contribution in [2.24, 2.45) is 0 Å². The fourth-order valence-electron chi connectivity index (χ4n) is 2.33. The van der Waals surface area contributed by atoms with Crippen molar-refractivity contribution < 1.29 is 4.39 Å². The fourth-order valence-corrected chi connectivity index (χ4v) is 2.33. The topological polar surface area (TPSA) is 0 Å². The van der Waals surface area contributed by atoms with Crippen molar-refractivity contribution in [1.82, 2.24) is 0 Å². The Bertz CT molecular complexity index is 618. The third-order valence-electron chi connectivity index (χ3n) is 3.26. The molecule has 0 amide bonds. The van der Waals surface area contributed by atoms with Crippen molar-refractivity contribution in [3.8, 4) is 0 Å². The summed E-state index contributed by atoms with van der Waals surface area (Å²) in [6.45, 7) is 0. The van der Waals surface area contributed by atoms with Crippen LogP contribution in [0.3, 0.4) is 0 Å². The van der Waals surface area contributed by atoms with Crippen molar-refractivity contribution in [1.29, 1.82) is 0 Å². The molecule has 0 bridgehead atoms. The van der Waals surface area contributed by atoms with Crippen LogP contribution in [0, 0.1) is 11.7 Å². The molecule has 96 valence electrons. The molecule has 0 unspecified atom stereocenters. The zero-order valence-electron chi connectivity index (χ0n) is 11.0. The molecule has 3 rings (SSSR count). The molecule has 0 saturated heterocycles. The van der Waals surface area contributed by atoms with E-state index < -0.39 is 0 Å². The van der Waals surface area contributed by atoms with Gasteiger partial charge < -0.3 is 0 Å². The van der Waals surface area contributed by atoms with Crippen molar-refractivity contribution in [2.75, 3.05) is 0 Å². The first-order chi connectivity index (χ1) is 9.84. The number of benzene rings is 3. The fraction of sp³-hybridized carbons (Fsp3) is 0. The Labute approximate surface area is 118 Å². The van der Waals surface area contributed by atoms with Crippen molar-refractivity contribution in [3.05, 3.63) is 113 Å². The molecule has 0 radical (unpaired) electrons. The van der Waals surface area contributed by atoms with Crippen LogP contribution in [0.5, 0.6) is 0 Å². The average molecular weight is 261 g/mol. The van der Waals surface area contributed by atoms with Crippen LogP contribution in [-0.4, -0.2) is 0 Å². The average Bonchev–Trinajstić information content (AvgIpc) is 2.52. The molecule has 0 N–H and O–H groups in total. The zero-order chi connectivity index (χ0) is 13.8. The third-order valence-corrected chi connectivity index (χ3v) is 3.26. The number of rotatable bonds is 3. The number of halogens is 1. The first kappa shape index (κ1) is 12.5. The van der Waals surface area contributed by atoms with E-state index in [0.29, 0.717) is 0 Å². The maximum atomic E-state index is 13.1. The molecule has 3 aromatic rings. The Morgan fingerprint density at radius 2 is 0.900 bits per heavy atom. The van der Waals surface area contributed by atoms with Crippen molar-refractivity contribution >= 4 is 0 Å². The van der Waals surface area contributed by atoms with Gasteiger partial charge in [-0.1, -0.05) is 12.1 Å². The van der Waals surface area contributed by atoms with Gasteiger partial charge in [0.25, 0.3) is 0 Å². The highest BCUT2D eigenvalue weighted by atomic mass is 19.1. The summed E-state index contributed by atoms with van der Waals surface area (Å²) < 4.78 is 13.1. The summed E-state index contributed by atoms with van der Waals surface area (Å²) in [4.78, 5) is 0. The van der Waals surface area contributed by atoms with Crippen molar-refractivity contribution in [3.63, 3.8) is 0 Å². The monoisotopic (exact) mass is 261 g/mol. The molecule has 20 heavy (non-hydrogen) atoms. The highest BCUT2D eigenvalue weighted by Crippen LogP contribution is 2.30. The third kappa shape index (κ3) is 2.57. The Morgan fingerprint density at radius 1 is 0.500 bits per heavy atom. The summed E-state index contributed by atoms with van der Waals surface area (Å²) in [6, 6.07) is 27.0. The van der Waals surface area contributed by atoms with Crippen LogP contribution in [0.15, 0.2) is 84.9 Å². The molecule has 0 nitrogen and oxygen atoms in total. The highest BCUT2D eigenvalue weighted by Gasteiger charge is 2.21. The molecular weight excluding hydrogens is 247 g/mol. The minimum atomic E-state index is -0.214. The van der Waals surface area contributed by atoms with Gasteiger partial charge in [0.2, 0.25) is 0 Å². The van der Waals surface area contributed by atoms with Crippen LogP contribution in [0.25, 0.3) is 0 Å². The van der Waals surface area contributed by atoms with Gasteiger partial charge in [-0.15, -0.1) is 0 Å². The summed E-state index contributed by atoms with van der Waals surface area (Å²) >= 11 is 0. The van der Waals surface area contributed by atoms with Gasteiger partial charge in [-0.25, -0.2) is 4.39 Å². The summed E-state index contributed by atoms with van der Waals surface area (Å²) in [6.07, 6.45) is 0. The van der Waals surface area contributed by atoms with E-state index in [0.717, 1.165) is 22.6 Å². The molecule has 1 heteroatoms. The molecule has 0 aliphatic heterocycles. The van der Waals surface area contributed by atoms with E-state index in [1.807, 2.05) is 48.5 Å². The van der Waals surface area contributed by atoms with Crippen LogP contribution >= 0.6 is 0 Å². The molecular formula is C19H14F+. The lowest BCUT2D eigenvalue weighted by molar-refractivity contribution is 0.627. The van der Waals surface area contributed by atoms with Crippen molar-refractivity contribution in [2.45, 2.75) is 0 Å². The zero-order valence-corrected chi connectivity index (χ0v) is 11.0. The Kier molecular flexibility index (Phi) is 3.51. The molecule has 0 aliphatic rings. The predicted molar refractivity (Wildman–Crippen MR) is 79.8 cm³/mol. The van der Waals surface area contributed by atoms with Gasteiger partial charge >= 0.3 is 0 Å². The predicted octanol–water partition coefficient (Wildman–Crippen LogP) is 4.84. The van der Waals surface area contributed by atoms with Crippen LogP contribution in [0.2, 0.25) is 0 Å². The van der Waals surface area contributed by atoms with E-state index in [-0.39, 0.29) is 5.82 Å². The quantitative estimate of drug-likeness (QED) is 0.467. The molecule has 3 aromatic carbocycles. The molecule has 0 saturated carbocycles. The molecule has 0 aromatic heterocycles. The smallest absolute Gasteiger partial charge is 0.134 e. The lowest BCUT2D eigenvalue weighted by Crippen LogP contribution is -2.04. The van der Waals surface area contributed by atoms with Crippen LogP contribution < -0.4 is 0 Å². The summed E-state index contributed by atoms with van der Waals surface area (Å²) in [5.74, 6) is 0.903. The van der Waals surface area contributed by atoms with E-state index in [4.69, 9.17) is 0 Å². The standard InChI is InChI=1S/C19H14F/c20-18-13-11-17(12-14-18)19(15-7-3-1-4-8-15)16-9-5-2-6-10-16/h1-14H/q+1. The molecule has 0 heterocycles. The van der Waals surface area contributed by atoms with Gasteiger partial charge in [-0.05, 0) is 72.8 Å². The normalized spacial score (nSPS) is 10.2. The summed E-state index contributed by atoms with van der Waals surface area (Å²) in [5.41, 5.74) is 3.28. The van der Waals surface area contributed by atoms with E-state index in [9.17, 15) is 4.39 Å². The van der Waals surface area contributed by atoms with E-state index in [2.05, 4.69) is 24.3 Å². The SMILES string of the molecule is Fc1ccc([C+](c2ccccc2)c2ccccc2)cc1. The van der Waals surface area contributed by atoms with E-state index >= 15 is 0 Å². The second kappa shape index (κ2) is 5.62. The lowest BCUT2D eigenvalue weighted by Gasteiger charge is -2.12. The number of hydrogen-bond acceptors (Lipinski definition) is 0. The lowest BCUT2D eigenvalue weighted by atomic mass is 9.85. The van der Waals surface area contributed by atoms with Crippen LogP contribution in [0.4, 0.5) is 4.39 Å². The van der Waals surface area contributed by atoms with Gasteiger partial charge in [0.15, 0.2) is 0 Å². The molecule has 0 fully saturated rings. The van der Waals surface area contributed by atoms with Gasteiger partial charge in [-0.3, -0.25) is 0 Å². The largest absolute Gasteiger partial charge is 0.206 e. The van der Waals surface area contributed by atoms with Crippen LogP contribution in [0.1, 0.15) is 16.7 Å². The van der Waals surface area contributed by atoms with Gasteiger partial charge in [-0.2, -0.15) is 0 Å². The van der Waals surface area contributed by atoms with E-state index in [1.165, 1.54) is 12.1 Å². The van der Waals surface area contributed by atoms with Gasteiger partial charge in [0.1, 0.15) is 5.82 Å². The van der Waals surface area contributed by atoms with E-state index in [1.54, 1.807) is 0 Å². The summed E-state index contributed by atoms with van der Waals surface area (Å²) in [5, 5.41) is 0. The molecule has 0 spiro atoms. The molecule has 0 atom stereocenters. The minimum Gasteiger partial charge on any atom is -0.206 e. The van der Waals surface area contributed by atoms with Gasteiger partial charge in [0.05, 0.1) is 22.6 Å². The second-order valence-electron chi connectivity index (χ2n) is 4.61. The second-order valence-corrected chi connectivity index (χ2v) is 4.61. The Morgan fingerprint density at radius 3 is 1.35 bits per heavy atom.